The number of likely N-dealkylation sites (tertiary alicyclic amines) is 1. The molecular formula is C42H80N4O12. The van der Waals surface area contributed by atoms with E-state index in [2.05, 4.69) is 16.8 Å². The van der Waals surface area contributed by atoms with Crippen LogP contribution in [-0.2, 0) is 52.5 Å². The summed E-state index contributed by atoms with van der Waals surface area (Å²) in [5.41, 5.74) is 8.33. The summed E-state index contributed by atoms with van der Waals surface area (Å²) < 4.78 is 21.4. The highest BCUT2D eigenvalue weighted by Crippen LogP contribution is 2.27. The van der Waals surface area contributed by atoms with Crippen LogP contribution in [0.25, 0.3) is 0 Å². The Kier molecular flexibility index (Phi) is 50.7. The second-order valence-corrected chi connectivity index (χ2v) is 14.0. The highest BCUT2D eigenvalue weighted by atomic mass is 16.5. The summed E-state index contributed by atoms with van der Waals surface area (Å²) in [6, 6.07) is 0. The number of aliphatic hydroxyl groups excluding tert-OH is 1. The molecule has 0 aliphatic carbocycles. The first kappa shape index (κ1) is 59.0. The van der Waals surface area contributed by atoms with Crippen molar-refractivity contribution in [1.82, 2.24) is 10.2 Å². The van der Waals surface area contributed by atoms with Gasteiger partial charge in [-0.25, -0.2) is 0 Å². The van der Waals surface area contributed by atoms with Crippen molar-refractivity contribution >= 4 is 43.0 Å². The fourth-order valence-corrected chi connectivity index (χ4v) is 6.33. The number of hydrogen-bond acceptors (Lipinski definition) is 12. The third kappa shape index (κ3) is 43.8. The van der Waals surface area contributed by atoms with Gasteiger partial charge in [0.15, 0.2) is 5.78 Å². The van der Waals surface area contributed by atoms with Crippen molar-refractivity contribution in [3.05, 3.63) is 0 Å². The Bertz CT molecular complexity index is 963. The number of rotatable bonds is 36. The maximum Gasteiger partial charge on any atom is 0.246 e. The van der Waals surface area contributed by atoms with Crippen LogP contribution in [0.15, 0.2) is 0 Å². The molecule has 1 aliphatic heterocycles. The number of aldehydes is 2. The molecule has 1 heterocycles. The zero-order valence-corrected chi connectivity index (χ0v) is 35.9. The molecule has 0 bridgehead atoms. The standard InChI is InChI=1S/C39H70N2O9.2CH3NO.CH4O/c1-35(44)33-49-30-29-48-27-22-40-38(45)34-50-31-28-47-26-17-18-37(32-43)36-20-23-41(24-21-36)39(46)19-15-13-11-9-7-5-3-2-4-6-8-10-12-14-16-25-42;2*2-1-3;1-2/h25,32,36-37H,2-24,26-31,33-34H2,1H3,(H,40,45);2*1H,(H2,2,3);2H,1H3. The number of Topliss-reactive ketones (excluding diaryl/α,β-unsaturated/α-hetero) is 1. The highest BCUT2D eigenvalue weighted by Gasteiger charge is 2.27. The Balaban J connectivity index is -0.00000349. The van der Waals surface area contributed by atoms with Gasteiger partial charge >= 0.3 is 0 Å². The van der Waals surface area contributed by atoms with E-state index >= 15 is 0 Å². The van der Waals surface area contributed by atoms with Crippen molar-refractivity contribution < 1.29 is 57.6 Å². The molecule has 16 heteroatoms. The van der Waals surface area contributed by atoms with E-state index in [1.165, 1.54) is 77.6 Å². The van der Waals surface area contributed by atoms with Crippen molar-refractivity contribution in [2.45, 2.75) is 135 Å². The van der Waals surface area contributed by atoms with Gasteiger partial charge in [0.2, 0.25) is 24.6 Å². The normalized spacial score (nSPS) is 12.6. The predicted molar refractivity (Wildman–Crippen MR) is 224 cm³/mol. The Morgan fingerprint density at radius 3 is 1.59 bits per heavy atom. The molecule has 0 saturated carbocycles. The average Bonchev–Trinajstić information content (AvgIpc) is 3.22. The first-order chi connectivity index (χ1) is 28.3. The van der Waals surface area contributed by atoms with Gasteiger partial charge in [-0.05, 0) is 51.4 Å². The molecule has 4 amide bonds. The maximum absolute atomic E-state index is 12.7. The molecular weight excluding hydrogens is 752 g/mol. The SMILES string of the molecule is CC(=O)COCCOCCNC(=O)COCCOCCCC(C=O)C1CCN(C(=O)CCCCCCCCCCCCCCCCC=O)CC1.CO.NC=O.NC=O. The first-order valence-corrected chi connectivity index (χ1v) is 21.3. The number of hydrogen-bond donors (Lipinski definition) is 4. The first-order valence-electron chi connectivity index (χ1n) is 21.3. The van der Waals surface area contributed by atoms with E-state index < -0.39 is 0 Å². The Labute approximate surface area is 348 Å². The van der Waals surface area contributed by atoms with Gasteiger partial charge in [-0.2, -0.15) is 0 Å². The van der Waals surface area contributed by atoms with Crippen LogP contribution >= 0.6 is 0 Å². The van der Waals surface area contributed by atoms with Crippen molar-refractivity contribution in [1.29, 1.82) is 0 Å². The van der Waals surface area contributed by atoms with Crippen molar-refractivity contribution in [3.63, 3.8) is 0 Å². The number of nitrogens with zero attached hydrogens (tertiary/aromatic N) is 1. The van der Waals surface area contributed by atoms with Crippen LogP contribution in [0.1, 0.15) is 135 Å². The Morgan fingerprint density at radius 1 is 0.655 bits per heavy atom. The number of nitrogens with one attached hydrogen (secondary N) is 1. The molecule has 340 valence electrons. The van der Waals surface area contributed by atoms with E-state index in [9.17, 15) is 24.0 Å². The summed E-state index contributed by atoms with van der Waals surface area (Å²) in [6.45, 7) is 5.66. The summed E-state index contributed by atoms with van der Waals surface area (Å²) >= 11 is 0. The smallest absolute Gasteiger partial charge is 0.246 e. The minimum absolute atomic E-state index is 0.00206. The van der Waals surface area contributed by atoms with Crippen LogP contribution in [0.5, 0.6) is 0 Å². The molecule has 1 aliphatic rings. The van der Waals surface area contributed by atoms with Gasteiger partial charge in [0.05, 0.1) is 33.0 Å². The number of primary amides is 2. The Hall–Kier alpha value is -3.31. The summed E-state index contributed by atoms with van der Waals surface area (Å²) in [5, 5.41) is 9.71. The molecule has 1 rings (SSSR count). The van der Waals surface area contributed by atoms with Crippen molar-refractivity contribution in [2.24, 2.45) is 23.3 Å². The number of carbonyl (C=O) groups excluding carboxylic acids is 7. The van der Waals surface area contributed by atoms with Crippen LogP contribution in [0.4, 0.5) is 0 Å². The van der Waals surface area contributed by atoms with E-state index in [4.69, 9.17) is 33.6 Å². The lowest BCUT2D eigenvalue weighted by Gasteiger charge is -2.34. The minimum Gasteiger partial charge on any atom is -0.400 e. The lowest BCUT2D eigenvalue weighted by molar-refractivity contribution is -0.133. The van der Waals surface area contributed by atoms with Gasteiger partial charge < -0.3 is 55.3 Å². The molecule has 1 saturated heterocycles. The van der Waals surface area contributed by atoms with Crippen LogP contribution in [-0.4, -0.2) is 133 Å². The van der Waals surface area contributed by atoms with Gasteiger partial charge in [0.25, 0.3) is 0 Å². The van der Waals surface area contributed by atoms with Crippen molar-refractivity contribution in [3.8, 4) is 0 Å². The van der Waals surface area contributed by atoms with Crippen LogP contribution in [0, 0.1) is 11.8 Å². The zero-order valence-electron chi connectivity index (χ0n) is 35.9. The average molecular weight is 833 g/mol. The molecule has 0 aromatic rings. The molecule has 6 N–H and O–H groups in total. The van der Waals surface area contributed by atoms with Crippen LogP contribution < -0.4 is 16.8 Å². The van der Waals surface area contributed by atoms with E-state index in [-0.39, 0.29) is 49.5 Å². The fourth-order valence-electron chi connectivity index (χ4n) is 6.33. The number of nitrogens with two attached hydrogens (primary N) is 2. The predicted octanol–water partition coefficient (Wildman–Crippen LogP) is 3.84. The lowest BCUT2D eigenvalue weighted by atomic mass is 9.82. The highest BCUT2D eigenvalue weighted by molar-refractivity contribution is 5.77. The number of carbonyl (C=O) groups is 7. The number of amides is 4. The van der Waals surface area contributed by atoms with Gasteiger partial charge in [0.1, 0.15) is 25.8 Å². The third-order valence-electron chi connectivity index (χ3n) is 9.31. The summed E-state index contributed by atoms with van der Waals surface area (Å²) in [7, 11) is 1.00. The molecule has 58 heavy (non-hydrogen) atoms. The van der Waals surface area contributed by atoms with E-state index in [1.54, 1.807) is 0 Å². The monoisotopic (exact) mass is 833 g/mol. The molecule has 0 spiro atoms. The van der Waals surface area contributed by atoms with E-state index in [0.717, 1.165) is 77.7 Å². The van der Waals surface area contributed by atoms with Crippen LogP contribution in [0.2, 0.25) is 0 Å². The number of unbranched alkanes of at least 4 members (excludes halogenated alkanes) is 14. The van der Waals surface area contributed by atoms with Crippen LogP contribution in [0.3, 0.4) is 0 Å². The quantitative estimate of drug-likeness (QED) is 0.0520. The van der Waals surface area contributed by atoms with Gasteiger partial charge in [-0.15, -0.1) is 0 Å². The number of piperidine rings is 1. The summed E-state index contributed by atoms with van der Waals surface area (Å²) in [4.78, 5) is 76.6. The summed E-state index contributed by atoms with van der Waals surface area (Å²) in [5.74, 6) is 0.331. The molecule has 0 aromatic carbocycles. The molecule has 0 aromatic heterocycles. The molecule has 0 radical (unpaired) electrons. The van der Waals surface area contributed by atoms with Crippen molar-refractivity contribution in [2.75, 3.05) is 79.6 Å². The minimum atomic E-state index is -0.224. The number of ether oxygens (including phenoxy) is 4. The molecule has 1 fully saturated rings. The maximum atomic E-state index is 12.7. The Morgan fingerprint density at radius 2 is 1.10 bits per heavy atom. The van der Waals surface area contributed by atoms with E-state index in [0.29, 0.717) is 64.9 Å². The number of aliphatic hydroxyl groups is 1. The third-order valence-corrected chi connectivity index (χ3v) is 9.31. The lowest BCUT2D eigenvalue weighted by Crippen LogP contribution is -2.40. The summed E-state index contributed by atoms with van der Waals surface area (Å²) in [6.07, 6.45) is 24.6. The topological polar surface area (TPSA) is 244 Å². The largest absolute Gasteiger partial charge is 0.400 e. The molecule has 1 unspecified atom stereocenters. The second-order valence-electron chi connectivity index (χ2n) is 14.0. The van der Waals surface area contributed by atoms with Gasteiger partial charge in [-0.3, -0.25) is 24.0 Å². The molecule has 1 atom stereocenters. The molecule has 16 nitrogen and oxygen atoms in total. The zero-order chi connectivity index (χ0) is 43.7. The van der Waals surface area contributed by atoms with Gasteiger partial charge in [-0.1, -0.05) is 77.0 Å². The fraction of sp³-hybridized carbons (Fsp3) is 0.833. The van der Waals surface area contributed by atoms with Gasteiger partial charge in [0, 0.05) is 52.1 Å². The second kappa shape index (κ2) is 49.8. The number of ketones is 1. The van der Waals surface area contributed by atoms with E-state index in [1.807, 2.05) is 4.90 Å².